The first-order valence-corrected chi connectivity index (χ1v) is 12.7. The molecule has 1 aromatic heterocycles. The number of rotatable bonds is 3. The van der Waals surface area contributed by atoms with Crippen molar-refractivity contribution in [2.45, 2.75) is 6.92 Å². The van der Waals surface area contributed by atoms with Crippen LogP contribution in [0.15, 0.2) is 109 Å². The van der Waals surface area contributed by atoms with Gasteiger partial charge in [0.25, 0.3) is 11.8 Å². The molecule has 1 aliphatic heterocycles. The molecule has 6 aromatic rings. The smallest absolute Gasteiger partial charge is 0.268 e. The van der Waals surface area contributed by atoms with Gasteiger partial charge in [0, 0.05) is 10.8 Å². The monoisotopic (exact) mass is 503 g/mol. The number of hydrogen-bond donors (Lipinski definition) is 0. The van der Waals surface area contributed by atoms with E-state index >= 15 is 0 Å². The van der Waals surface area contributed by atoms with Crippen LogP contribution in [-0.4, -0.2) is 16.4 Å². The Morgan fingerprint density at radius 3 is 2.23 bits per heavy atom. The van der Waals surface area contributed by atoms with Gasteiger partial charge in [-0.1, -0.05) is 54.6 Å². The van der Waals surface area contributed by atoms with E-state index in [1.807, 2.05) is 73.7 Å². The van der Waals surface area contributed by atoms with Gasteiger partial charge in [-0.25, -0.2) is 4.90 Å². The molecule has 5 aromatic carbocycles. The lowest BCUT2D eigenvalue weighted by atomic mass is 9.97. The highest BCUT2D eigenvalue weighted by molar-refractivity contribution is 6.35. The lowest BCUT2D eigenvalue weighted by Crippen LogP contribution is -2.29. The van der Waals surface area contributed by atoms with Gasteiger partial charge >= 0.3 is 0 Å². The Morgan fingerprint density at radius 1 is 0.667 bits per heavy atom. The van der Waals surface area contributed by atoms with Crippen LogP contribution in [0, 0.1) is 18.3 Å². The fourth-order valence-electron chi connectivity index (χ4n) is 5.72. The number of carbonyl (C=O) groups excluding carboxylic acids is 2. The maximum Gasteiger partial charge on any atom is 0.268 e. The Morgan fingerprint density at radius 2 is 1.44 bits per heavy atom. The largest absolute Gasteiger partial charge is 0.308 e. The number of benzene rings is 5. The van der Waals surface area contributed by atoms with Crippen molar-refractivity contribution in [3.8, 4) is 22.9 Å². The first-order chi connectivity index (χ1) is 19.1. The van der Waals surface area contributed by atoms with Crippen molar-refractivity contribution in [3.63, 3.8) is 0 Å². The van der Waals surface area contributed by atoms with E-state index in [0.29, 0.717) is 28.1 Å². The summed E-state index contributed by atoms with van der Waals surface area (Å²) in [6.07, 6.45) is 0. The second kappa shape index (κ2) is 8.54. The van der Waals surface area contributed by atoms with E-state index < -0.39 is 0 Å². The minimum absolute atomic E-state index is 0.317. The highest BCUT2D eigenvalue weighted by Crippen LogP contribution is 2.39. The summed E-state index contributed by atoms with van der Waals surface area (Å²) in [7, 11) is 0. The summed E-state index contributed by atoms with van der Waals surface area (Å²) in [6, 6.07) is 36.8. The van der Waals surface area contributed by atoms with E-state index in [4.69, 9.17) is 0 Å². The SMILES string of the molecule is Cc1cc(C#N)ccc1-c1ccc2c(c1)c1ccccc1n2-c1cccc2c1C(=O)N(c1ccccc1)C2=O. The zero-order chi connectivity index (χ0) is 26.7. The summed E-state index contributed by atoms with van der Waals surface area (Å²) in [6.45, 7) is 2.01. The van der Waals surface area contributed by atoms with Crippen molar-refractivity contribution in [1.29, 1.82) is 5.26 Å². The molecule has 2 heterocycles. The van der Waals surface area contributed by atoms with Gasteiger partial charge in [-0.2, -0.15) is 5.26 Å². The van der Waals surface area contributed by atoms with Gasteiger partial charge in [0.1, 0.15) is 0 Å². The van der Waals surface area contributed by atoms with Crippen molar-refractivity contribution in [1.82, 2.24) is 4.57 Å². The van der Waals surface area contributed by atoms with Crippen LogP contribution < -0.4 is 4.90 Å². The predicted octanol–water partition coefficient (Wildman–Crippen LogP) is 7.43. The summed E-state index contributed by atoms with van der Waals surface area (Å²) < 4.78 is 2.08. The number of hydrogen-bond acceptors (Lipinski definition) is 3. The van der Waals surface area contributed by atoms with Crippen LogP contribution in [0.2, 0.25) is 0 Å². The quantitative estimate of drug-likeness (QED) is 0.236. The van der Waals surface area contributed by atoms with Crippen LogP contribution in [0.4, 0.5) is 5.69 Å². The van der Waals surface area contributed by atoms with Crippen LogP contribution in [0.25, 0.3) is 38.6 Å². The molecular formula is C34H21N3O2. The van der Waals surface area contributed by atoms with Crippen LogP contribution in [0.5, 0.6) is 0 Å². The van der Waals surface area contributed by atoms with Gasteiger partial charge in [-0.15, -0.1) is 0 Å². The first kappa shape index (κ1) is 22.7. The lowest BCUT2D eigenvalue weighted by molar-refractivity contribution is 0.0926. The molecule has 5 heteroatoms. The van der Waals surface area contributed by atoms with E-state index in [1.165, 1.54) is 4.90 Å². The molecule has 0 atom stereocenters. The number of aryl methyl sites for hydroxylation is 1. The van der Waals surface area contributed by atoms with Gasteiger partial charge in [-0.05, 0) is 78.2 Å². The summed E-state index contributed by atoms with van der Waals surface area (Å²) in [5.41, 5.74) is 7.71. The van der Waals surface area contributed by atoms with Gasteiger partial charge in [-0.3, -0.25) is 9.59 Å². The number of nitrogens with zero attached hydrogens (tertiary/aromatic N) is 3. The fraction of sp³-hybridized carbons (Fsp3) is 0.0294. The van der Waals surface area contributed by atoms with Gasteiger partial charge < -0.3 is 4.57 Å². The molecule has 0 radical (unpaired) electrons. The molecule has 0 spiro atoms. The number of carbonyl (C=O) groups is 2. The van der Waals surface area contributed by atoms with Crippen LogP contribution >= 0.6 is 0 Å². The average molecular weight is 504 g/mol. The van der Waals surface area contributed by atoms with E-state index in [1.54, 1.807) is 18.2 Å². The molecule has 184 valence electrons. The van der Waals surface area contributed by atoms with Gasteiger partial charge in [0.05, 0.1) is 45.2 Å². The Balaban J connectivity index is 1.46. The van der Waals surface area contributed by atoms with Gasteiger partial charge in [0.15, 0.2) is 0 Å². The Hall–Kier alpha value is -5.47. The number of amides is 2. The summed E-state index contributed by atoms with van der Waals surface area (Å²) >= 11 is 0. The molecule has 39 heavy (non-hydrogen) atoms. The molecule has 7 rings (SSSR count). The molecule has 1 aliphatic rings. The maximum atomic E-state index is 13.8. The number of para-hydroxylation sites is 2. The van der Waals surface area contributed by atoms with Crippen molar-refractivity contribution in [3.05, 3.63) is 131 Å². The molecule has 0 saturated heterocycles. The number of fused-ring (bicyclic) bond motifs is 4. The molecule has 0 aliphatic carbocycles. The van der Waals surface area contributed by atoms with E-state index in [9.17, 15) is 14.9 Å². The Kier molecular flexibility index (Phi) is 4.97. The van der Waals surface area contributed by atoms with E-state index in [-0.39, 0.29) is 11.8 Å². The molecule has 0 N–H and O–H groups in total. The molecule has 0 unspecified atom stereocenters. The topological polar surface area (TPSA) is 66.1 Å². The normalized spacial score (nSPS) is 12.8. The summed E-state index contributed by atoms with van der Waals surface area (Å²) in [4.78, 5) is 28.5. The summed E-state index contributed by atoms with van der Waals surface area (Å²) in [5.74, 6) is -0.644. The van der Waals surface area contributed by atoms with Crippen molar-refractivity contribution >= 4 is 39.3 Å². The molecule has 5 nitrogen and oxygen atoms in total. The third-order valence-electron chi connectivity index (χ3n) is 7.49. The van der Waals surface area contributed by atoms with E-state index in [0.717, 1.165) is 38.5 Å². The number of nitriles is 1. The highest BCUT2D eigenvalue weighted by atomic mass is 16.2. The zero-order valence-electron chi connectivity index (χ0n) is 21.1. The lowest BCUT2D eigenvalue weighted by Gasteiger charge is -2.14. The molecule has 0 saturated carbocycles. The minimum atomic E-state index is -0.326. The van der Waals surface area contributed by atoms with Gasteiger partial charge in [0.2, 0.25) is 0 Å². The number of imide groups is 1. The fourth-order valence-corrected chi connectivity index (χ4v) is 5.72. The highest BCUT2D eigenvalue weighted by Gasteiger charge is 2.39. The van der Waals surface area contributed by atoms with E-state index in [2.05, 4.69) is 34.9 Å². The number of anilines is 1. The van der Waals surface area contributed by atoms with Crippen LogP contribution in [0.3, 0.4) is 0 Å². The second-order valence-electron chi connectivity index (χ2n) is 9.71. The second-order valence-corrected chi connectivity index (χ2v) is 9.71. The Labute approximate surface area is 224 Å². The maximum absolute atomic E-state index is 13.8. The third-order valence-corrected chi connectivity index (χ3v) is 7.49. The average Bonchev–Trinajstić information content (AvgIpc) is 3.44. The molecule has 0 fully saturated rings. The zero-order valence-corrected chi connectivity index (χ0v) is 21.1. The molecular weight excluding hydrogens is 482 g/mol. The summed E-state index contributed by atoms with van der Waals surface area (Å²) in [5, 5.41) is 11.4. The standard InChI is InChI=1S/C34H21N3O2/c1-21-18-22(20-35)14-16-25(21)23-15-17-30-28(19-23)26-10-5-6-12-29(26)37(30)31-13-7-11-27-32(31)34(39)36(33(27)38)24-8-3-2-4-9-24/h2-19H,1H3. The van der Waals surface area contributed by atoms with Crippen LogP contribution in [0.1, 0.15) is 31.8 Å². The van der Waals surface area contributed by atoms with Crippen molar-refractivity contribution < 1.29 is 9.59 Å². The third kappa shape index (κ3) is 3.32. The predicted molar refractivity (Wildman–Crippen MR) is 153 cm³/mol. The van der Waals surface area contributed by atoms with Crippen LogP contribution in [-0.2, 0) is 0 Å². The molecule has 2 amide bonds. The van der Waals surface area contributed by atoms with Crippen molar-refractivity contribution in [2.24, 2.45) is 0 Å². The van der Waals surface area contributed by atoms with Crippen molar-refractivity contribution in [2.75, 3.05) is 4.90 Å². The Bertz CT molecular complexity index is 2030. The first-order valence-electron chi connectivity index (χ1n) is 12.7. The minimum Gasteiger partial charge on any atom is -0.308 e. The number of aromatic nitrogens is 1. The molecule has 0 bridgehead atoms.